The lowest BCUT2D eigenvalue weighted by atomic mass is 9.99. The van der Waals surface area contributed by atoms with Crippen molar-refractivity contribution in [2.75, 3.05) is 18.2 Å². The zero-order valence-corrected chi connectivity index (χ0v) is 23.5. The molecule has 1 aliphatic rings. The predicted octanol–water partition coefficient (Wildman–Crippen LogP) is 4.45. The summed E-state index contributed by atoms with van der Waals surface area (Å²) in [5.74, 6) is -0.318. The highest BCUT2D eigenvalue weighted by atomic mass is 32.1. The maximum atomic E-state index is 14.0. The number of thiol groups is 1. The van der Waals surface area contributed by atoms with Crippen LogP contribution in [0.4, 0.5) is 10.5 Å². The summed E-state index contributed by atoms with van der Waals surface area (Å²) in [4.78, 5) is 41.8. The molecule has 2 aromatic carbocycles. The lowest BCUT2D eigenvalue weighted by Gasteiger charge is -2.35. The van der Waals surface area contributed by atoms with Crippen molar-refractivity contribution in [1.82, 2.24) is 10.2 Å². The Bertz CT molecular complexity index is 1160. The number of methoxy groups -OCH3 is 1. The highest BCUT2D eigenvalue weighted by Gasteiger charge is 2.48. The summed E-state index contributed by atoms with van der Waals surface area (Å²) in [5, 5.41) is 16.4. The molecule has 38 heavy (non-hydrogen) atoms. The zero-order chi connectivity index (χ0) is 28.2. The second-order valence-electron chi connectivity index (χ2n) is 10.5. The minimum absolute atomic E-state index is 0.0116. The number of nitrogens with one attached hydrogen (secondary N) is 2. The Morgan fingerprint density at radius 3 is 2.32 bits per heavy atom. The van der Waals surface area contributed by atoms with Gasteiger partial charge >= 0.3 is 6.09 Å². The van der Waals surface area contributed by atoms with Gasteiger partial charge in [-0.05, 0) is 69.9 Å². The molecule has 1 aliphatic carbocycles. The van der Waals surface area contributed by atoms with E-state index >= 15 is 0 Å². The van der Waals surface area contributed by atoms with Crippen molar-refractivity contribution < 1.29 is 29.0 Å². The van der Waals surface area contributed by atoms with Crippen LogP contribution in [0.15, 0.2) is 42.5 Å². The van der Waals surface area contributed by atoms with Gasteiger partial charge in [-0.15, -0.1) is 0 Å². The number of phenols is 1. The standard InChI is InChI=1S/C28H37N3O6S/c1-16-8-7-9-20(24(16)32)23(25(33)29-18-10-12-19(36-6)13-11-18)31(22-14-17(22)2)26(34)21(15-38)30-27(35)37-28(3,4)5/h7-13,17,21-23,32,38H,14-15H2,1-6H3,(H,29,33)(H,30,35). The number of carbonyl (C=O) groups is 3. The normalized spacial score (nSPS) is 18.1. The van der Waals surface area contributed by atoms with Crippen LogP contribution < -0.4 is 15.4 Å². The molecule has 10 heteroatoms. The Morgan fingerprint density at radius 1 is 1.16 bits per heavy atom. The van der Waals surface area contributed by atoms with Gasteiger partial charge in [0.05, 0.1) is 7.11 Å². The van der Waals surface area contributed by atoms with E-state index in [1.807, 2.05) is 6.92 Å². The first-order valence-corrected chi connectivity index (χ1v) is 13.2. The van der Waals surface area contributed by atoms with Crippen molar-refractivity contribution in [2.24, 2.45) is 5.92 Å². The van der Waals surface area contributed by atoms with E-state index in [9.17, 15) is 19.5 Å². The van der Waals surface area contributed by atoms with Gasteiger partial charge in [0, 0.05) is 23.0 Å². The number of rotatable bonds is 9. The maximum absolute atomic E-state index is 14.0. The summed E-state index contributed by atoms with van der Waals surface area (Å²) in [7, 11) is 1.55. The quantitative estimate of drug-likeness (QED) is 0.347. The van der Waals surface area contributed by atoms with Gasteiger partial charge in [0.2, 0.25) is 5.91 Å². The molecule has 4 atom stereocenters. The Balaban J connectivity index is 2.01. The van der Waals surface area contributed by atoms with Crippen LogP contribution >= 0.6 is 12.6 Å². The van der Waals surface area contributed by atoms with E-state index < -0.39 is 35.6 Å². The van der Waals surface area contributed by atoms with Gasteiger partial charge in [-0.25, -0.2) is 4.79 Å². The number of phenolic OH excluding ortho intramolecular Hbond substituents is 1. The largest absolute Gasteiger partial charge is 0.507 e. The summed E-state index contributed by atoms with van der Waals surface area (Å²) >= 11 is 4.31. The van der Waals surface area contributed by atoms with E-state index in [0.717, 1.165) is 0 Å². The molecule has 0 radical (unpaired) electrons. The van der Waals surface area contributed by atoms with Crippen molar-refractivity contribution in [3.05, 3.63) is 53.6 Å². The van der Waals surface area contributed by atoms with E-state index in [0.29, 0.717) is 29.0 Å². The highest BCUT2D eigenvalue weighted by Crippen LogP contribution is 2.43. The number of aromatic hydroxyl groups is 1. The molecule has 0 bridgehead atoms. The van der Waals surface area contributed by atoms with Crippen LogP contribution in [-0.2, 0) is 14.3 Å². The van der Waals surface area contributed by atoms with E-state index in [2.05, 4.69) is 23.3 Å². The van der Waals surface area contributed by atoms with Gasteiger partial charge < -0.3 is 30.1 Å². The van der Waals surface area contributed by atoms with Crippen LogP contribution in [-0.4, -0.2) is 58.5 Å². The number of alkyl carbamates (subject to hydrolysis) is 1. The van der Waals surface area contributed by atoms with E-state index in [1.54, 1.807) is 77.3 Å². The first-order valence-electron chi connectivity index (χ1n) is 12.5. The van der Waals surface area contributed by atoms with Gasteiger partial charge in [-0.1, -0.05) is 25.1 Å². The SMILES string of the molecule is COc1ccc(NC(=O)C(c2cccc(C)c2O)N(C(=O)C(CS)NC(=O)OC(C)(C)C)C2CC2C)cc1. The van der Waals surface area contributed by atoms with Crippen LogP contribution in [0.25, 0.3) is 0 Å². The van der Waals surface area contributed by atoms with Crippen LogP contribution in [0.2, 0.25) is 0 Å². The molecule has 206 valence electrons. The maximum Gasteiger partial charge on any atom is 0.408 e. The third-order valence-corrected chi connectivity index (χ3v) is 6.66. The molecule has 0 spiro atoms. The molecule has 0 heterocycles. The van der Waals surface area contributed by atoms with Gasteiger partial charge in [0.15, 0.2) is 0 Å². The monoisotopic (exact) mass is 543 g/mol. The Kier molecular flexibility index (Phi) is 9.19. The molecule has 9 nitrogen and oxygen atoms in total. The van der Waals surface area contributed by atoms with Crippen molar-refractivity contribution >= 4 is 36.2 Å². The van der Waals surface area contributed by atoms with Crippen LogP contribution in [0.5, 0.6) is 11.5 Å². The molecule has 0 aromatic heterocycles. The molecule has 0 aliphatic heterocycles. The minimum atomic E-state index is -1.16. The van der Waals surface area contributed by atoms with Crippen molar-refractivity contribution in [2.45, 2.75) is 64.8 Å². The Morgan fingerprint density at radius 2 is 1.79 bits per heavy atom. The number of hydrogen-bond donors (Lipinski definition) is 4. The molecule has 3 amide bonds. The number of hydrogen-bond acceptors (Lipinski definition) is 7. The predicted molar refractivity (Wildman–Crippen MR) is 149 cm³/mol. The fourth-order valence-corrected chi connectivity index (χ4v) is 4.44. The Hall–Kier alpha value is -3.40. The van der Waals surface area contributed by atoms with E-state index in [1.165, 1.54) is 4.90 Å². The van der Waals surface area contributed by atoms with Crippen molar-refractivity contribution in [1.29, 1.82) is 0 Å². The lowest BCUT2D eigenvalue weighted by Crippen LogP contribution is -2.54. The summed E-state index contributed by atoms with van der Waals surface area (Å²) < 4.78 is 10.5. The van der Waals surface area contributed by atoms with Crippen LogP contribution in [0, 0.1) is 12.8 Å². The van der Waals surface area contributed by atoms with Crippen LogP contribution in [0.1, 0.15) is 51.3 Å². The number of nitrogens with zero attached hydrogens (tertiary/aromatic N) is 1. The molecule has 1 saturated carbocycles. The molecule has 4 unspecified atom stereocenters. The van der Waals surface area contributed by atoms with Gasteiger partial charge in [-0.2, -0.15) is 12.6 Å². The number of aryl methyl sites for hydroxylation is 1. The molecular formula is C28H37N3O6S. The molecule has 3 rings (SSSR count). The average Bonchev–Trinajstić information content (AvgIpc) is 3.57. The van der Waals surface area contributed by atoms with Crippen molar-refractivity contribution in [3.8, 4) is 11.5 Å². The van der Waals surface area contributed by atoms with E-state index in [4.69, 9.17) is 9.47 Å². The first kappa shape index (κ1) is 29.2. The number of amides is 3. The third-order valence-electron chi connectivity index (χ3n) is 6.30. The third kappa shape index (κ3) is 7.12. The number of para-hydroxylation sites is 1. The summed E-state index contributed by atoms with van der Waals surface area (Å²) in [5.41, 5.74) is 0.603. The smallest absolute Gasteiger partial charge is 0.408 e. The van der Waals surface area contributed by atoms with Gasteiger partial charge in [0.1, 0.15) is 29.2 Å². The topological polar surface area (TPSA) is 117 Å². The summed E-state index contributed by atoms with van der Waals surface area (Å²) in [6.45, 7) is 8.88. The average molecular weight is 544 g/mol. The fourth-order valence-electron chi connectivity index (χ4n) is 4.19. The number of benzene rings is 2. The highest BCUT2D eigenvalue weighted by molar-refractivity contribution is 7.80. The number of carbonyl (C=O) groups excluding carboxylic acids is 3. The lowest BCUT2D eigenvalue weighted by molar-refractivity contribution is -0.141. The minimum Gasteiger partial charge on any atom is -0.507 e. The number of anilines is 1. The zero-order valence-electron chi connectivity index (χ0n) is 22.6. The molecular weight excluding hydrogens is 506 g/mol. The molecule has 3 N–H and O–H groups in total. The van der Waals surface area contributed by atoms with Crippen LogP contribution in [0.3, 0.4) is 0 Å². The first-order chi connectivity index (χ1) is 17.9. The second kappa shape index (κ2) is 12.0. The Labute approximate surface area is 229 Å². The summed E-state index contributed by atoms with van der Waals surface area (Å²) in [6, 6.07) is 9.40. The molecule has 2 aromatic rings. The van der Waals surface area contributed by atoms with Gasteiger partial charge in [-0.3, -0.25) is 9.59 Å². The number of ether oxygens (including phenoxy) is 2. The summed E-state index contributed by atoms with van der Waals surface area (Å²) in [6.07, 6.45) is -0.0811. The van der Waals surface area contributed by atoms with E-state index in [-0.39, 0.29) is 23.5 Å². The fraction of sp³-hybridized carbons (Fsp3) is 0.464. The van der Waals surface area contributed by atoms with Crippen molar-refractivity contribution in [3.63, 3.8) is 0 Å². The van der Waals surface area contributed by atoms with Gasteiger partial charge in [0.25, 0.3) is 5.91 Å². The molecule has 0 saturated heterocycles. The second-order valence-corrected chi connectivity index (χ2v) is 10.9. The molecule has 1 fully saturated rings.